The van der Waals surface area contributed by atoms with E-state index in [9.17, 15) is 19.5 Å². The maximum absolute atomic E-state index is 13.1. The van der Waals surface area contributed by atoms with Crippen molar-refractivity contribution in [1.82, 2.24) is 10.2 Å². The van der Waals surface area contributed by atoms with E-state index in [4.69, 9.17) is 4.74 Å². The zero-order chi connectivity index (χ0) is 24.5. The first-order valence-corrected chi connectivity index (χ1v) is 11.3. The van der Waals surface area contributed by atoms with Crippen LogP contribution in [0.1, 0.15) is 44.2 Å². The Morgan fingerprint density at radius 1 is 1.12 bits per heavy atom. The monoisotopic (exact) mass is 460 g/mol. The number of ether oxygens (including phenoxy) is 1. The van der Waals surface area contributed by atoms with Crippen LogP contribution in [-0.4, -0.2) is 53.2 Å². The fourth-order valence-corrected chi connectivity index (χ4v) is 4.99. The molecule has 1 aliphatic heterocycles. The number of carbonyl (C=O) groups is 3. The van der Waals surface area contributed by atoms with Gasteiger partial charge in [-0.3, -0.25) is 4.79 Å². The van der Waals surface area contributed by atoms with E-state index in [0.29, 0.717) is 6.54 Å². The summed E-state index contributed by atoms with van der Waals surface area (Å²) in [5.74, 6) is 3.90. The summed E-state index contributed by atoms with van der Waals surface area (Å²) in [7, 11) is 0. The van der Waals surface area contributed by atoms with E-state index in [1.807, 2.05) is 36.4 Å². The van der Waals surface area contributed by atoms with Crippen molar-refractivity contribution in [3.05, 3.63) is 59.7 Å². The standard InChI is InChI=1S/C27H28N2O5/c1-4-5-14-22(24(30)29-16-27(2,3)23(29)25(31)32)28-26(33)34-15-21-19-12-8-6-10-17(19)18-11-7-9-13-20(18)21/h6-13,21-23H,14-16H2,1-3H3,(H,28,33)(H,31,32). The number of carboxylic acids is 1. The molecule has 1 saturated heterocycles. The smallest absolute Gasteiger partial charge is 0.407 e. The summed E-state index contributed by atoms with van der Waals surface area (Å²) in [6.07, 6.45) is -0.659. The Bertz CT molecular complexity index is 1150. The first kappa shape index (κ1) is 23.4. The van der Waals surface area contributed by atoms with E-state index in [1.54, 1.807) is 20.8 Å². The average Bonchev–Trinajstić information content (AvgIpc) is 3.12. The molecule has 2 aliphatic rings. The number of aliphatic carboxylic acids is 1. The normalized spacial score (nSPS) is 18.4. The predicted molar refractivity (Wildman–Crippen MR) is 127 cm³/mol. The Balaban J connectivity index is 1.45. The number of fused-ring (bicyclic) bond motifs is 3. The highest BCUT2D eigenvalue weighted by Crippen LogP contribution is 2.44. The van der Waals surface area contributed by atoms with Crippen LogP contribution in [0.4, 0.5) is 4.79 Å². The molecule has 2 unspecified atom stereocenters. The van der Waals surface area contributed by atoms with Gasteiger partial charge in [0.15, 0.2) is 0 Å². The third kappa shape index (κ3) is 4.24. The van der Waals surface area contributed by atoms with Crippen LogP contribution >= 0.6 is 0 Å². The Morgan fingerprint density at radius 2 is 1.71 bits per heavy atom. The van der Waals surface area contributed by atoms with Crippen LogP contribution in [0, 0.1) is 17.3 Å². The van der Waals surface area contributed by atoms with Crippen molar-refractivity contribution in [3.8, 4) is 23.0 Å². The summed E-state index contributed by atoms with van der Waals surface area (Å²) in [4.78, 5) is 38.8. The number of nitrogens with zero attached hydrogens (tertiary/aromatic N) is 1. The average molecular weight is 461 g/mol. The molecular weight excluding hydrogens is 432 g/mol. The van der Waals surface area contributed by atoms with Crippen molar-refractivity contribution >= 4 is 18.0 Å². The van der Waals surface area contributed by atoms with Gasteiger partial charge in [0, 0.05) is 24.3 Å². The van der Waals surface area contributed by atoms with E-state index in [-0.39, 0.29) is 18.9 Å². The highest BCUT2D eigenvalue weighted by Gasteiger charge is 2.53. The molecule has 4 rings (SSSR count). The van der Waals surface area contributed by atoms with Crippen molar-refractivity contribution in [2.45, 2.75) is 45.2 Å². The molecule has 2 amide bonds. The van der Waals surface area contributed by atoms with Gasteiger partial charge in [0.25, 0.3) is 0 Å². The number of amides is 2. The fraction of sp³-hybridized carbons (Fsp3) is 0.370. The third-order valence-corrected chi connectivity index (χ3v) is 6.56. The van der Waals surface area contributed by atoms with Gasteiger partial charge in [-0.25, -0.2) is 9.59 Å². The van der Waals surface area contributed by atoms with Gasteiger partial charge in [-0.05, 0) is 29.2 Å². The lowest BCUT2D eigenvalue weighted by Gasteiger charge is -2.52. The van der Waals surface area contributed by atoms with Gasteiger partial charge in [-0.2, -0.15) is 0 Å². The third-order valence-electron chi connectivity index (χ3n) is 6.56. The maximum Gasteiger partial charge on any atom is 0.407 e. The number of alkyl carbamates (subject to hydrolysis) is 1. The second-order valence-electron chi connectivity index (χ2n) is 9.35. The summed E-state index contributed by atoms with van der Waals surface area (Å²) in [5, 5.41) is 12.2. The summed E-state index contributed by atoms with van der Waals surface area (Å²) >= 11 is 0. The van der Waals surface area contributed by atoms with Gasteiger partial charge in [0.1, 0.15) is 18.7 Å². The zero-order valence-corrected chi connectivity index (χ0v) is 19.5. The minimum absolute atomic E-state index is 0.0722. The fourth-order valence-electron chi connectivity index (χ4n) is 4.99. The summed E-state index contributed by atoms with van der Waals surface area (Å²) in [6, 6.07) is 14.1. The second kappa shape index (κ2) is 9.22. The summed E-state index contributed by atoms with van der Waals surface area (Å²) in [5.41, 5.74) is 3.89. The quantitative estimate of drug-likeness (QED) is 0.642. The molecule has 0 saturated carbocycles. The van der Waals surface area contributed by atoms with Gasteiger partial charge < -0.3 is 20.1 Å². The van der Waals surface area contributed by atoms with E-state index in [1.165, 1.54) is 4.90 Å². The van der Waals surface area contributed by atoms with Crippen molar-refractivity contribution in [2.75, 3.05) is 13.2 Å². The highest BCUT2D eigenvalue weighted by molar-refractivity contribution is 5.91. The lowest BCUT2D eigenvalue weighted by Crippen LogP contribution is -2.69. The molecule has 0 aromatic heterocycles. The Kier molecular flexibility index (Phi) is 6.34. The minimum atomic E-state index is -1.06. The van der Waals surface area contributed by atoms with E-state index in [2.05, 4.69) is 29.3 Å². The number of nitrogens with one attached hydrogen (secondary N) is 1. The molecule has 2 aromatic carbocycles. The van der Waals surface area contributed by atoms with Crippen LogP contribution in [0.2, 0.25) is 0 Å². The Labute approximate surface area is 199 Å². The van der Waals surface area contributed by atoms with Crippen LogP contribution < -0.4 is 5.32 Å². The van der Waals surface area contributed by atoms with Crippen molar-refractivity contribution in [2.24, 2.45) is 5.41 Å². The lowest BCUT2D eigenvalue weighted by atomic mass is 9.74. The van der Waals surface area contributed by atoms with Gasteiger partial charge in [-0.1, -0.05) is 62.4 Å². The molecule has 1 fully saturated rings. The number of carboxylic acid groups (broad SMARTS) is 1. The molecule has 1 heterocycles. The molecule has 1 aliphatic carbocycles. The van der Waals surface area contributed by atoms with Crippen LogP contribution in [0.5, 0.6) is 0 Å². The number of hydrogen-bond acceptors (Lipinski definition) is 4. The number of carbonyl (C=O) groups excluding carboxylic acids is 2. The van der Waals surface area contributed by atoms with Gasteiger partial charge in [0.05, 0.1) is 0 Å². The molecule has 0 bridgehead atoms. The van der Waals surface area contributed by atoms with Crippen LogP contribution in [0.3, 0.4) is 0 Å². The lowest BCUT2D eigenvalue weighted by molar-refractivity contribution is -0.172. The largest absolute Gasteiger partial charge is 0.480 e. The zero-order valence-electron chi connectivity index (χ0n) is 19.5. The predicted octanol–water partition coefficient (Wildman–Crippen LogP) is 3.63. The number of benzene rings is 2. The maximum atomic E-state index is 13.1. The molecule has 34 heavy (non-hydrogen) atoms. The number of hydrogen-bond donors (Lipinski definition) is 2. The van der Waals surface area contributed by atoms with E-state index in [0.717, 1.165) is 22.3 Å². The van der Waals surface area contributed by atoms with E-state index >= 15 is 0 Å². The molecule has 7 heteroatoms. The molecule has 0 spiro atoms. The van der Waals surface area contributed by atoms with Crippen LogP contribution in [-0.2, 0) is 14.3 Å². The molecule has 7 nitrogen and oxygen atoms in total. The Hall–Kier alpha value is -3.79. The van der Waals surface area contributed by atoms with Crippen molar-refractivity contribution < 1.29 is 24.2 Å². The van der Waals surface area contributed by atoms with Gasteiger partial charge >= 0.3 is 12.1 Å². The highest BCUT2D eigenvalue weighted by atomic mass is 16.5. The van der Waals surface area contributed by atoms with Gasteiger partial charge in [0.2, 0.25) is 5.91 Å². The number of likely N-dealkylation sites (tertiary alicyclic amines) is 1. The Morgan fingerprint density at radius 3 is 2.24 bits per heavy atom. The number of rotatable bonds is 6. The topological polar surface area (TPSA) is 95.9 Å². The minimum Gasteiger partial charge on any atom is -0.480 e. The first-order chi connectivity index (χ1) is 16.2. The van der Waals surface area contributed by atoms with Gasteiger partial charge in [-0.15, -0.1) is 11.8 Å². The molecule has 176 valence electrons. The van der Waals surface area contributed by atoms with Crippen molar-refractivity contribution in [3.63, 3.8) is 0 Å². The first-order valence-electron chi connectivity index (χ1n) is 11.3. The molecule has 2 atom stereocenters. The molecular formula is C27H28N2O5. The molecule has 0 radical (unpaired) electrons. The SMILES string of the molecule is CC#CCC(NC(=O)OCC1c2ccccc2-c2ccccc21)C(=O)N1CC(C)(C)C1C(=O)O. The second-order valence-corrected chi connectivity index (χ2v) is 9.35. The summed E-state index contributed by atoms with van der Waals surface area (Å²) < 4.78 is 5.56. The van der Waals surface area contributed by atoms with Crippen LogP contribution in [0.25, 0.3) is 11.1 Å². The van der Waals surface area contributed by atoms with Crippen molar-refractivity contribution in [1.29, 1.82) is 0 Å². The molecule has 2 aromatic rings. The summed E-state index contributed by atoms with van der Waals surface area (Å²) in [6.45, 7) is 5.66. The van der Waals surface area contributed by atoms with Crippen LogP contribution in [0.15, 0.2) is 48.5 Å². The van der Waals surface area contributed by atoms with E-state index < -0.39 is 35.5 Å². The molecule has 2 N–H and O–H groups in total.